The van der Waals surface area contributed by atoms with E-state index in [9.17, 15) is 18.0 Å². The van der Waals surface area contributed by atoms with Crippen LogP contribution in [0.4, 0.5) is 13.2 Å². The van der Waals surface area contributed by atoms with Gasteiger partial charge in [-0.15, -0.1) is 0 Å². The number of rotatable bonds is 1. The van der Waals surface area contributed by atoms with Gasteiger partial charge in [-0.25, -0.2) is 0 Å². The number of amides is 1. The summed E-state index contributed by atoms with van der Waals surface area (Å²) in [5.41, 5.74) is 0. The highest BCUT2D eigenvalue weighted by atomic mass is 19.4. The molecule has 0 spiro atoms. The van der Waals surface area contributed by atoms with E-state index in [-0.39, 0.29) is 18.8 Å². The SMILES string of the molecule is O=C(c1ccco1)N1CCNCC1C(F)(F)F. The Bertz CT molecular complexity index is 389. The van der Waals surface area contributed by atoms with Gasteiger partial charge >= 0.3 is 6.18 Å². The van der Waals surface area contributed by atoms with Crippen LogP contribution < -0.4 is 5.32 Å². The second-order valence-corrected chi connectivity index (χ2v) is 3.74. The lowest BCUT2D eigenvalue weighted by Gasteiger charge is -2.36. The first kappa shape index (κ1) is 12.0. The van der Waals surface area contributed by atoms with Crippen LogP contribution in [-0.2, 0) is 0 Å². The van der Waals surface area contributed by atoms with Gasteiger partial charge in [0.1, 0.15) is 6.04 Å². The third-order valence-corrected chi connectivity index (χ3v) is 2.61. The zero-order valence-electron chi connectivity index (χ0n) is 8.83. The predicted molar refractivity (Wildman–Crippen MR) is 52.5 cm³/mol. The summed E-state index contributed by atoms with van der Waals surface area (Å²) in [6.45, 7) is 0.0820. The molecule has 1 aliphatic heterocycles. The Morgan fingerprint density at radius 2 is 2.29 bits per heavy atom. The number of halogens is 3. The average Bonchev–Trinajstić information content (AvgIpc) is 2.80. The Hall–Kier alpha value is -1.50. The highest BCUT2D eigenvalue weighted by molar-refractivity contribution is 5.91. The molecule has 1 aromatic heterocycles. The predicted octanol–water partition coefficient (Wildman–Crippen LogP) is 1.26. The summed E-state index contributed by atoms with van der Waals surface area (Å²) >= 11 is 0. The highest BCUT2D eigenvalue weighted by Crippen LogP contribution is 2.26. The minimum absolute atomic E-state index is 0.0176. The monoisotopic (exact) mass is 248 g/mol. The molecule has 1 aliphatic rings. The van der Waals surface area contributed by atoms with Gasteiger partial charge in [0.15, 0.2) is 5.76 Å². The zero-order valence-corrected chi connectivity index (χ0v) is 8.83. The normalized spacial score (nSPS) is 21.6. The van der Waals surface area contributed by atoms with Gasteiger partial charge in [0, 0.05) is 19.6 Å². The van der Waals surface area contributed by atoms with Gasteiger partial charge in [-0.1, -0.05) is 0 Å². The van der Waals surface area contributed by atoms with Crippen molar-refractivity contribution in [1.82, 2.24) is 10.2 Å². The maximum Gasteiger partial charge on any atom is 0.410 e. The Kier molecular flexibility index (Phi) is 3.10. The quantitative estimate of drug-likeness (QED) is 0.813. The van der Waals surface area contributed by atoms with E-state index in [4.69, 9.17) is 4.42 Å². The maximum atomic E-state index is 12.7. The van der Waals surface area contributed by atoms with E-state index in [0.29, 0.717) is 6.54 Å². The van der Waals surface area contributed by atoms with E-state index in [1.165, 1.54) is 18.4 Å². The molecule has 1 aromatic rings. The molecule has 94 valence electrons. The molecule has 1 unspecified atom stereocenters. The molecule has 1 N–H and O–H groups in total. The summed E-state index contributed by atoms with van der Waals surface area (Å²) in [6, 6.07) is 1.03. The van der Waals surface area contributed by atoms with Crippen LogP contribution in [0.15, 0.2) is 22.8 Å². The van der Waals surface area contributed by atoms with Crippen molar-refractivity contribution in [3.05, 3.63) is 24.2 Å². The summed E-state index contributed by atoms with van der Waals surface area (Å²) in [4.78, 5) is 12.6. The Labute approximate surface area is 95.4 Å². The van der Waals surface area contributed by atoms with Crippen molar-refractivity contribution in [3.8, 4) is 0 Å². The molecule has 2 heterocycles. The van der Waals surface area contributed by atoms with Crippen LogP contribution in [0.25, 0.3) is 0 Å². The molecule has 17 heavy (non-hydrogen) atoms. The van der Waals surface area contributed by atoms with Crippen molar-refractivity contribution in [2.75, 3.05) is 19.6 Å². The van der Waals surface area contributed by atoms with Crippen LogP contribution in [0.3, 0.4) is 0 Å². The van der Waals surface area contributed by atoms with E-state index in [1.54, 1.807) is 0 Å². The van der Waals surface area contributed by atoms with Gasteiger partial charge in [0.05, 0.1) is 6.26 Å². The van der Waals surface area contributed by atoms with Crippen molar-refractivity contribution in [1.29, 1.82) is 0 Å². The topological polar surface area (TPSA) is 45.5 Å². The number of hydrogen-bond donors (Lipinski definition) is 1. The number of alkyl halides is 3. The molecule has 0 saturated carbocycles. The maximum absolute atomic E-state index is 12.7. The first-order chi connectivity index (χ1) is 8.00. The number of carbonyl (C=O) groups excluding carboxylic acids is 1. The molecule has 1 atom stereocenters. The standard InChI is InChI=1S/C10H11F3N2O2/c11-10(12,13)8-6-14-3-4-15(8)9(16)7-2-1-5-17-7/h1-2,5,8,14H,3-4,6H2. The van der Waals surface area contributed by atoms with E-state index >= 15 is 0 Å². The molecule has 1 amide bonds. The third-order valence-electron chi connectivity index (χ3n) is 2.61. The zero-order chi connectivity index (χ0) is 12.5. The highest BCUT2D eigenvalue weighted by Gasteiger charge is 2.46. The fourth-order valence-electron chi connectivity index (χ4n) is 1.78. The molecule has 1 saturated heterocycles. The van der Waals surface area contributed by atoms with Gasteiger partial charge in [0.2, 0.25) is 0 Å². The van der Waals surface area contributed by atoms with Gasteiger partial charge in [0.25, 0.3) is 5.91 Å². The molecule has 2 rings (SSSR count). The van der Waals surface area contributed by atoms with Crippen LogP contribution in [0.2, 0.25) is 0 Å². The smallest absolute Gasteiger partial charge is 0.410 e. The lowest BCUT2D eigenvalue weighted by molar-refractivity contribution is -0.179. The van der Waals surface area contributed by atoms with Crippen molar-refractivity contribution >= 4 is 5.91 Å². The molecule has 7 heteroatoms. The minimum Gasteiger partial charge on any atom is -0.459 e. The van der Waals surface area contributed by atoms with Gasteiger partial charge < -0.3 is 14.6 Å². The summed E-state index contributed by atoms with van der Waals surface area (Å²) in [5.74, 6) is -0.792. The Morgan fingerprint density at radius 1 is 1.53 bits per heavy atom. The number of piperazine rings is 1. The van der Waals surface area contributed by atoms with Gasteiger partial charge in [-0.2, -0.15) is 13.2 Å². The molecule has 1 fully saturated rings. The lowest BCUT2D eigenvalue weighted by Crippen LogP contribution is -2.59. The van der Waals surface area contributed by atoms with Gasteiger partial charge in [-0.05, 0) is 12.1 Å². The van der Waals surface area contributed by atoms with E-state index in [2.05, 4.69) is 5.32 Å². The van der Waals surface area contributed by atoms with Crippen LogP contribution in [0, 0.1) is 0 Å². The number of furan rings is 1. The number of nitrogens with one attached hydrogen (secondary N) is 1. The molecule has 0 aromatic carbocycles. The fourth-order valence-corrected chi connectivity index (χ4v) is 1.78. The van der Waals surface area contributed by atoms with Crippen molar-refractivity contribution in [3.63, 3.8) is 0 Å². The number of carbonyl (C=O) groups is 1. The minimum atomic E-state index is -4.43. The molecule has 0 radical (unpaired) electrons. The second-order valence-electron chi connectivity index (χ2n) is 3.74. The fraction of sp³-hybridized carbons (Fsp3) is 0.500. The van der Waals surface area contributed by atoms with Crippen LogP contribution in [0.5, 0.6) is 0 Å². The molecular weight excluding hydrogens is 237 g/mol. The summed E-state index contributed by atoms with van der Waals surface area (Å²) in [6.07, 6.45) is -3.17. The first-order valence-corrected chi connectivity index (χ1v) is 5.12. The van der Waals surface area contributed by atoms with Gasteiger partial charge in [-0.3, -0.25) is 4.79 Å². The van der Waals surface area contributed by atoms with E-state index < -0.39 is 18.1 Å². The second kappa shape index (κ2) is 4.40. The molecular formula is C10H11F3N2O2. The molecule has 0 aliphatic carbocycles. The van der Waals surface area contributed by atoms with Crippen LogP contribution in [-0.4, -0.2) is 42.7 Å². The van der Waals surface area contributed by atoms with E-state index in [0.717, 1.165) is 4.90 Å². The summed E-state index contributed by atoms with van der Waals surface area (Å²) in [5, 5.41) is 2.63. The third kappa shape index (κ3) is 2.44. The van der Waals surface area contributed by atoms with Crippen LogP contribution >= 0.6 is 0 Å². The van der Waals surface area contributed by atoms with Crippen LogP contribution in [0.1, 0.15) is 10.6 Å². The Morgan fingerprint density at radius 3 is 2.88 bits per heavy atom. The molecule has 0 bridgehead atoms. The van der Waals surface area contributed by atoms with Crippen molar-refractivity contribution in [2.24, 2.45) is 0 Å². The lowest BCUT2D eigenvalue weighted by atomic mass is 10.1. The Balaban J connectivity index is 2.20. The first-order valence-electron chi connectivity index (χ1n) is 5.12. The molecule has 4 nitrogen and oxygen atoms in total. The van der Waals surface area contributed by atoms with Crippen molar-refractivity contribution in [2.45, 2.75) is 12.2 Å². The summed E-state index contributed by atoms with van der Waals surface area (Å²) < 4.78 is 43.0. The van der Waals surface area contributed by atoms with Crippen molar-refractivity contribution < 1.29 is 22.4 Å². The number of hydrogen-bond acceptors (Lipinski definition) is 3. The number of nitrogens with zero attached hydrogens (tertiary/aromatic N) is 1. The van der Waals surface area contributed by atoms with E-state index in [1.807, 2.05) is 0 Å². The summed E-state index contributed by atoms with van der Waals surface area (Å²) in [7, 11) is 0. The largest absolute Gasteiger partial charge is 0.459 e. The average molecular weight is 248 g/mol.